The van der Waals surface area contributed by atoms with Crippen molar-refractivity contribution in [2.45, 2.75) is 24.1 Å². The van der Waals surface area contributed by atoms with Crippen LogP contribution >= 0.6 is 11.8 Å². The third kappa shape index (κ3) is 4.73. The fourth-order valence-electron chi connectivity index (χ4n) is 3.05. The number of ether oxygens (including phenoxy) is 1. The lowest BCUT2D eigenvalue weighted by Gasteiger charge is -2.39. The van der Waals surface area contributed by atoms with Crippen LogP contribution in [0.1, 0.15) is 30.4 Å². The van der Waals surface area contributed by atoms with Crippen molar-refractivity contribution in [1.82, 2.24) is 5.32 Å². The Morgan fingerprint density at radius 3 is 2.72 bits per heavy atom. The summed E-state index contributed by atoms with van der Waals surface area (Å²) < 4.78 is 33.4. The van der Waals surface area contributed by atoms with E-state index in [0.29, 0.717) is 11.3 Å². The summed E-state index contributed by atoms with van der Waals surface area (Å²) in [5.41, 5.74) is 5.51. The van der Waals surface area contributed by atoms with Gasteiger partial charge in [0.1, 0.15) is 22.3 Å². The van der Waals surface area contributed by atoms with Gasteiger partial charge in [0.25, 0.3) is 0 Å². The number of nitrogens with one attached hydrogen (secondary N) is 2. The maximum Gasteiger partial charge on any atom is 0.221 e. The largest absolute Gasteiger partial charge is 0.493 e. The molecule has 9 heteroatoms. The average Bonchev–Trinajstić information content (AvgIpc) is 2.68. The molecule has 1 atom stereocenters. The second kappa shape index (κ2) is 8.60. The third-order valence-electron chi connectivity index (χ3n) is 4.42. The molecule has 1 aliphatic rings. The van der Waals surface area contributed by atoms with Gasteiger partial charge in [-0.3, -0.25) is 15.0 Å². The average molecular weight is 419 g/mol. The molecule has 1 unspecified atom stereocenters. The van der Waals surface area contributed by atoms with E-state index >= 15 is 0 Å². The monoisotopic (exact) mass is 419 g/mol. The Bertz CT molecular complexity index is 970. The number of primary amides is 1. The summed E-state index contributed by atoms with van der Waals surface area (Å²) in [6, 6.07) is 9.86. The van der Waals surface area contributed by atoms with E-state index < -0.39 is 28.3 Å². The maximum absolute atomic E-state index is 14.2. The number of nitrogens with two attached hydrogens (primary N) is 1. The number of rotatable bonds is 6. The van der Waals surface area contributed by atoms with Crippen molar-refractivity contribution in [2.24, 2.45) is 5.73 Å². The number of thioether (sulfide) groups is 1. The molecular weight excluding hydrogens is 400 g/mol. The Morgan fingerprint density at radius 1 is 1.21 bits per heavy atom. The number of halogens is 2. The molecule has 29 heavy (non-hydrogen) atoms. The van der Waals surface area contributed by atoms with Crippen LogP contribution in [0, 0.1) is 17.0 Å². The topological polar surface area (TPSA) is 105 Å². The molecule has 2 amide bonds. The summed E-state index contributed by atoms with van der Waals surface area (Å²) in [5.74, 6) is -1.93. The predicted octanol–water partition coefficient (Wildman–Crippen LogP) is 3.04. The van der Waals surface area contributed by atoms with E-state index in [2.05, 4.69) is 5.32 Å². The van der Waals surface area contributed by atoms with Gasteiger partial charge in [0.2, 0.25) is 11.8 Å². The van der Waals surface area contributed by atoms with E-state index in [0.717, 1.165) is 30.0 Å². The maximum atomic E-state index is 14.2. The molecule has 0 fully saturated rings. The Balaban J connectivity index is 1.96. The summed E-state index contributed by atoms with van der Waals surface area (Å²) in [5, 5.41) is 11.0. The van der Waals surface area contributed by atoms with Gasteiger partial charge in [0.15, 0.2) is 0 Å². The highest BCUT2D eigenvalue weighted by Crippen LogP contribution is 2.46. The first-order valence-corrected chi connectivity index (χ1v) is 9.67. The highest BCUT2D eigenvalue weighted by atomic mass is 32.2. The fraction of sp³-hybridized carbons (Fsp3) is 0.250. The van der Waals surface area contributed by atoms with E-state index in [1.54, 1.807) is 24.3 Å². The number of para-hydroxylation sites is 1. The Morgan fingerprint density at radius 2 is 1.97 bits per heavy atom. The Hall–Kier alpha value is -2.94. The van der Waals surface area contributed by atoms with Gasteiger partial charge >= 0.3 is 0 Å². The predicted molar refractivity (Wildman–Crippen MR) is 106 cm³/mol. The summed E-state index contributed by atoms with van der Waals surface area (Å²) in [7, 11) is 0. The number of hydrogen-bond acceptors (Lipinski definition) is 5. The molecule has 2 aromatic carbocycles. The second-order valence-electron chi connectivity index (χ2n) is 6.49. The fourth-order valence-corrected chi connectivity index (χ4v) is 4.30. The smallest absolute Gasteiger partial charge is 0.221 e. The van der Waals surface area contributed by atoms with E-state index in [1.807, 2.05) is 0 Å². The van der Waals surface area contributed by atoms with Crippen molar-refractivity contribution < 1.29 is 23.1 Å². The lowest BCUT2D eigenvalue weighted by atomic mass is 9.99. The molecule has 0 spiro atoms. The zero-order chi connectivity index (χ0) is 21.0. The molecular formula is C20H19F2N3O3S. The van der Waals surface area contributed by atoms with Gasteiger partial charge in [0, 0.05) is 30.4 Å². The molecule has 0 aromatic heterocycles. The molecule has 0 radical (unpaired) electrons. The Labute approximate surface area is 170 Å². The summed E-state index contributed by atoms with van der Waals surface area (Å²) in [6.45, 7) is 0.249. The van der Waals surface area contributed by atoms with Crippen molar-refractivity contribution in [2.75, 3.05) is 6.61 Å². The minimum Gasteiger partial charge on any atom is -0.493 e. The van der Waals surface area contributed by atoms with Crippen LogP contribution < -0.4 is 15.8 Å². The minimum absolute atomic E-state index is 0.123. The van der Waals surface area contributed by atoms with E-state index in [9.17, 15) is 18.4 Å². The molecule has 1 aliphatic heterocycles. The molecule has 152 valence electrons. The number of hydrogen-bond donors (Lipinski definition) is 3. The van der Waals surface area contributed by atoms with Crippen LogP contribution in [-0.4, -0.2) is 23.5 Å². The zero-order valence-electron chi connectivity index (χ0n) is 15.3. The molecule has 6 nitrogen and oxygen atoms in total. The molecule has 4 N–H and O–H groups in total. The van der Waals surface area contributed by atoms with Gasteiger partial charge in [-0.05, 0) is 24.3 Å². The number of benzene rings is 2. The molecule has 3 rings (SSSR count). The lowest BCUT2D eigenvalue weighted by molar-refractivity contribution is -0.125. The van der Waals surface area contributed by atoms with Crippen LogP contribution in [0.4, 0.5) is 8.78 Å². The summed E-state index contributed by atoms with van der Waals surface area (Å²) in [6.07, 6.45) is 0.0410. The lowest BCUT2D eigenvalue weighted by Crippen LogP contribution is -2.47. The number of amides is 2. The standard InChI is InChI=1S/C20H19F2N3O3S/c21-12-5-6-15(22)13(11-12)19(24)29-20(25-18(27)8-7-17(23)26)9-10-28-16-4-2-1-3-14(16)20/h1-6,11,24H,7-10H2,(H2,23,26)(H,25,27). The van der Waals surface area contributed by atoms with Crippen LogP contribution in [0.15, 0.2) is 42.5 Å². The quantitative estimate of drug-likeness (QED) is 0.380. The first kappa shape index (κ1) is 20.8. The number of carbonyl (C=O) groups is 2. The molecule has 0 saturated carbocycles. The van der Waals surface area contributed by atoms with Crippen molar-refractivity contribution >= 4 is 28.6 Å². The highest BCUT2D eigenvalue weighted by Gasteiger charge is 2.41. The van der Waals surface area contributed by atoms with Crippen molar-refractivity contribution in [3.05, 3.63) is 65.2 Å². The van der Waals surface area contributed by atoms with Crippen LogP contribution in [-0.2, 0) is 14.5 Å². The van der Waals surface area contributed by atoms with Gasteiger partial charge in [-0.1, -0.05) is 30.0 Å². The first-order chi connectivity index (χ1) is 13.8. The van der Waals surface area contributed by atoms with E-state index in [1.165, 1.54) is 0 Å². The third-order valence-corrected chi connectivity index (χ3v) is 5.72. The normalized spacial score (nSPS) is 17.7. The van der Waals surface area contributed by atoms with Gasteiger partial charge in [-0.15, -0.1) is 0 Å². The molecule has 0 saturated heterocycles. The van der Waals surface area contributed by atoms with E-state index in [4.69, 9.17) is 15.9 Å². The van der Waals surface area contributed by atoms with Crippen molar-refractivity contribution in [3.63, 3.8) is 0 Å². The SMILES string of the molecule is N=C(SC1(NC(=O)CCC(N)=O)CCOc2ccccc21)c1cc(F)ccc1F. The molecule has 1 heterocycles. The highest BCUT2D eigenvalue weighted by molar-refractivity contribution is 8.15. The van der Waals surface area contributed by atoms with E-state index in [-0.39, 0.29) is 36.5 Å². The van der Waals surface area contributed by atoms with Gasteiger partial charge < -0.3 is 15.8 Å². The van der Waals surface area contributed by atoms with Crippen LogP contribution in [0.3, 0.4) is 0 Å². The van der Waals surface area contributed by atoms with Crippen LogP contribution in [0.5, 0.6) is 5.75 Å². The van der Waals surface area contributed by atoms with Crippen molar-refractivity contribution in [1.29, 1.82) is 5.41 Å². The first-order valence-electron chi connectivity index (χ1n) is 8.85. The number of carbonyl (C=O) groups excluding carboxylic acids is 2. The summed E-state index contributed by atoms with van der Waals surface area (Å²) >= 11 is 0.898. The van der Waals surface area contributed by atoms with Crippen LogP contribution in [0.25, 0.3) is 0 Å². The minimum atomic E-state index is -1.14. The van der Waals surface area contributed by atoms with Gasteiger partial charge in [0.05, 0.1) is 11.7 Å². The molecule has 2 aromatic rings. The zero-order valence-corrected chi connectivity index (χ0v) is 16.2. The molecule has 0 aliphatic carbocycles. The van der Waals surface area contributed by atoms with Crippen LogP contribution in [0.2, 0.25) is 0 Å². The Kier molecular flexibility index (Phi) is 6.17. The molecule has 0 bridgehead atoms. The number of fused-ring (bicyclic) bond motifs is 1. The summed E-state index contributed by atoms with van der Waals surface area (Å²) in [4.78, 5) is 22.4. The second-order valence-corrected chi connectivity index (χ2v) is 7.80. The van der Waals surface area contributed by atoms with Gasteiger partial charge in [-0.2, -0.15) is 0 Å². The van der Waals surface area contributed by atoms with Crippen molar-refractivity contribution in [3.8, 4) is 5.75 Å². The van der Waals surface area contributed by atoms with Gasteiger partial charge in [-0.25, -0.2) is 8.78 Å².